The van der Waals surface area contributed by atoms with Gasteiger partial charge in [-0.2, -0.15) is 4.98 Å². The quantitative estimate of drug-likeness (QED) is 0.286. The maximum Gasteiger partial charge on any atom is 0.251 e. The van der Waals surface area contributed by atoms with E-state index in [4.69, 9.17) is 19.9 Å². The van der Waals surface area contributed by atoms with Gasteiger partial charge in [0.05, 0.1) is 26.0 Å². The smallest absolute Gasteiger partial charge is 0.251 e. The maximum atomic E-state index is 12.7. The first-order valence-electron chi connectivity index (χ1n) is 12.4. The van der Waals surface area contributed by atoms with Gasteiger partial charge in [0.15, 0.2) is 0 Å². The second kappa shape index (κ2) is 11.8. The highest BCUT2D eigenvalue weighted by Gasteiger charge is 2.14. The average molecular weight is 515 g/mol. The summed E-state index contributed by atoms with van der Waals surface area (Å²) in [5.74, 6) is 1.66. The van der Waals surface area contributed by atoms with Crippen molar-refractivity contribution in [1.82, 2.24) is 20.2 Å². The summed E-state index contributed by atoms with van der Waals surface area (Å²) < 4.78 is 17.0. The minimum atomic E-state index is -0.162. The first kappa shape index (κ1) is 25.2. The molecule has 196 valence electrons. The number of anilines is 3. The van der Waals surface area contributed by atoms with Gasteiger partial charge < -0.3 is 30.6 Å². The average Bonchev–Trinajstić information content (AvgIpc) is 2.95. The highest BCUT2D eigenvalue weighted by Crippen LogP contribution is 2.33. The predicted octanol–water partition coefficient (Wildman–Crippen LogP) is 3.82. The minimum Gasteiger partial charge on any atom is -0.495 e. The van der Waals surface area contributed by atoms with Gasteiger partial charge in [0.1, 0.15) is 11.5 Å². The number of rotatable bonds is 9. The van der Waals surface area contributed by atoms with E-state index < -0.39 is 0 Å². The molecule has 2 heterocycles. The van der Waals surface area contributed by atoms with E-state index in [2.05, 4.69) is 25.5 Å². The lowest BCUT2D eigenvalue weighted by molar-refractivity contribution is 0.0383. The highest BCUT2D eigenvalue weighted by atomic mass is 16.5. The number of hydrogen-bond donors (Lipinski definition) is 3. The van der Waals surface area contributed by atoms with Crippen LogP contribution in [0, 0.1) is 0 Å². The van der Waals surface area contributed by atoms with Crippen LogP contribution in [0.25, 0.3) is 10.8 Å². The predicted molar refractivity (Wildman–Crippen MR) is 146 cm³/mol. The number of aromatic nitrogens is 2. The van der Waals surface area contributed by atoms with Crippen molar-refractivity contribution < 1.29 is 19.0 Å². The molecule has 1 aromatic heterocycles. The van der Waals surface area contributed by atoms with Gasteiger partial charge in [0, 0.05) is 60.5 Å². The molecule has 0 aliphatic carbocycles. The summed E-state index contributed by atoms with van der Waals surface area (Å²) in [6.07, 6.45) is 1.60. The van der Waals surface area contributed by atoms with Crippen molar-refractivity contribution in [3.63, 3.8) is 0 Å². The fraction of sp³-hybridized carbons (Fsp3) is 0.250. The van der Waals surface area contributed by atoms with Gasteiger partial charge >= 0.3 is 0 Å². The van der Waals surface area contributed by atoms with Crippen molar-refractivity contribution in [1.29, 1.82) is 0 Å². The molecule has 0 saturated carbocycles. The van der Waals surface area contributed by atoms with E-state index >= 15 is 0 Å². The van der Waals surface area contributed by atoms with E-state index in [1.54, 1.807) is 37.6 Å². The van der Waals surface area contributed by atoms with E-state index in [9.17, 15) is 4.79 Å². The number of ether oxygens (including phenoxy) is 3. The molecule has 0 radical (unpaired) electrons. The monoisotopic (exact) mass is 514 g/mol. The van der Waals surface area contributed by atoms with Crippen LogP contribution >= 0.6 is 0 Å². The number of nitrogen functional groups attached to an aromatic ring is 1. The Morgan fingerprint density at radius 1 is 1.05 bits per heavy atom. The van der Waals surface area contributed by atoms with E-state index in [0.29, 0.717) is 46.8 Å². The van der Waals surface area contributed by atoms with Gasteiger partial charge in [-0.15, -0.1) is 0 Å². The summed E-state index contributed by atoms with van der Waals surface area (Å²) in [7, 11) is 1.55. The molecular weight excluding hydrogens is 484 g/mol. The van der Waals surface area contributed by atoms with Crippen molar-refractivity contribution in [3.05, 3.63) is 72.4 Å². The number of nitrogens with zero attached hydrogens (tertiary/aromatic N) is 3. The van der Waals surface area contributed by atoms with Crippen LogP contribution in [0.15, 0.2) is 66.9 Å². The number of carbonyl (C=O) groups excluding carboxylic acids is 1. The maximum absolute atomic E-state index is 12.7. The zero-order valence-corrected chi connectivity index (χ0v) is 21.1. The van der Waals surface area contributed by atoms with E-state index in [1.807, 2.05) is 36.4 Å². The molecule has 5 rings (SSSR count). The topological polar surface area (TPSA) is 124 Å². The molecule has 38 heavy (non-hydrogen) atoms. The van der Waals surface area contributed by atoms with Crippen LogP contribution in [0.3, 0.4) is 0 Å². The van der Waals surface area contributed by atoms with E-state index in [1.165, 1.54) is 0 Å². The molecule has 10 nitrogen and oxygen atoms in total. The highest BCUT2D eigenvalue weighted by molar-refractivity contribution is 5.97. The number of hydrogen-bond acceptors (Lipinski definition) is 9. The summed E-state index contributed by atoms with van der Waals surface area (Å²) in [6, 6.07) is 18.3. The van der Waals surface area contributed by atoms with Gasteiger partial charge in [0.2, 0.25) is 11.8 Å². The Kier molecular flexibility index (Phi) is 7.81. The van der Waals surface area contributed by atoms with Crippen LogP contribution in [0.2, 0.25) is 0 Å². The van der Waals surface area contributed by atoms with E-state index in [-0.39, 0.29) is 5.91 Å². The van der Waals surface area contributed by atoms with Crippen molar-refractivity contribution >= 4 is 34.0 Å². The Bertz CT molecular complexity index is 1420. The molecule has 1 aliphatic rings. The van der Waals surface area contributed by atoms with Gasteiger partial charge in [-0.25, -0.2) is 4.98 Å². The summed E-state index contributed by atoms with van der Waals surface area (Å²) in [4.78, 5) is 23.7. The first-order valence-corrected chi connectivity index (χ1v) is 12.4. The molecule has 0 bridgehead atoms. The minimum absolute atomic E-state index is 0.162. The largest absolute Gasteiger partial charge is 0.495 e. The zero-order valence-electron chi connectivity index (χ0n) is 21.1. The molecular formula is C28H30N6O4. The van der Waals surface area contributed by atoms with Gasteiger partial charge in [0.25, 0.3) is 5.91 Å². The first-order chi connectivity index (χ1) is 18.6. The van der Waals surface area contributed by atoms with Crippen molar-refractivity contribution in [2.45, 2.75) is 0 Å². The van der Waals surface area contributed by atoms with Crippen LogP contribution in [0.4, 0.5) is 17.3 Å². The number of methoxy groups -OCH3 is 1. The molecule has 0 spiro atoms. The van der Waals surface area contributed by atoms with Crippen LogP contribution in [0.1, 0.15) is 10.4 Å². The second-order valence-electron chi connectivity index (χ2n) is 8.77. The molecule has 1 saturated heterocycles. The second-order valence-corrected chi connectivity index (χ2v) is 8.77. The zero-order chi connectivity index (χ0) is 26.3. The third-order valence-corrected chi connectivity index (χ3v) is 6.29. The molecule has 1 amide bonds. The number of nitrogens with one attached hydrogen (secondary N) is 2. The third-order valence-electron chi connectivity index (χ3n) is 6.29. The van der Waals surface area contributed by atoms with Crippen LogP contribution in [0.5, 0.6) is 17.4 Å². The van der Waals surface area contributed by atoms with Crippen LogP contribution < -0.4 is 25.8 Å². The molecule has 10 heteroatoms. The normalized spacial score (nSPS) is 13.7. The van der Waals surface area contributed by atoms with Gasteiger partial charge in [-0.05, 0) is 30.3 Å². The van der Waals surface area contributed by atoms with Crippen molar-refractivity contribution in [3.8, 4) is 17.4 Å². The van der Waals surface area contributed by atoms with Crippen molar-refractivity contribution in [2.75, 3.05) is 57.6 Å². The molecule has 4 N–H and O–H groups in total. The molecule has 4 aromatic rings. The summed E-state index contributed by atoms with van der Waals surface area (Å²) in [5.41, 5.74) is 7.91. The lowest BCUT2D eigenvalue weighted by atomic mass is 10.1. The molecule has 1 fully saturated rings. The Labute approximate surface area is 220 Å². The number of benzene rings is 3. The Hall–Kier alpha value is -4.41. The molecule has 1 aliphatic heterocycles. The lowest BCUT2D eigenvalue weighted by Crippen LogP contribution is -2.41. The SMILES string of the molecule is COc1cc(C(=O)NCCN2CCOCC2)ccc1Nc1nccc(Oc2ccc(N)c3ccccc23)n1. The molecule has 3 aromatic carbocycles. The van der Waals surface area contributed by atoms with Gasteiger partial charge in [-0.1, -0.05) is 24.3 Å². The number of morpholine rings is 1. The third kappa shape index (κ3) is 5.93. The van der Waals surface area contributed by atoms with Crippen LogP contribution in [-0.2, 0) is 4.74 Å². The van der Waals surface area contributed by atoms with Crippen LogP contribution in [-0.4, -0.2) is 67.3 Å². The Morgan fingerprint density at radius 3 is 2.68 bits per heavy atom. The fourth-order valence-electron chi connectivity index (χ4n) is 4.27. The summed E-state index contributed by atoms with van der Waals surface area (Å²) >= 11 is 0. The summed E-state index contributed by atoms with van der Waals surface area (Å²) in [5, 5.41) is 7.92. The number of amides is 1. The standard InChI is InChI=1S/C28H30N6O4/c1-36-25-18-19(27(35)30-12-13-34-14-16-37-17-15-34)6-8-23(25)32-28-31-11-10-26(33-28)38-24-9-7-22(29)20-4-2-3-5-21(20)24/h2-11,18H,12-17,29H2,1H3,(H,30,35)(H,31,32,33). The van der Waals surface area contributed by atoms with E-state index in [0.717, 1.165) is 43.6 Å². The number of carbonyl (C=O) groups is 1. The van der Waals surface area contributed by atoms with Crippen molar-refractivity contribution in [2.24, 2.45) is 0 Å². The molecule has 0 unspecified atom stereocenters. The Morgan fingerprint density at radius 2 is 1.87 bits per heavy atom. The number of fused-ring (bicyclic) bond motifs is 1. The Balaban J connectivity index is 1.25. The lowest BCUT2D eigenvalue weighted by Gasteiger charge is -2.26. The fourth-order valence-corrected chi connectivity index (χ4v) is 4.27. The number of nitrogens with two attached hydrogens (primary N) is 1. The molecule has 0 atom stereocenters. The van der Waals surface area contributed by atoms with Gasteiger partial charge in [-0.3, -0.25) is 9.69 Å². The summed E-state index contributed by atoms with van der Waals surface area (Å²) in [6.45, 7) is 4.58.